The third-order valence-electron chi connectivity index (χ3n) is 10.1. The quantitative estimate of drug-likeness (QED) is 0.0649. The molecule has 0 fully saturated rings. The molecule has 7 rings (SSSR count). The van der Waals surface area contributed by atoms with Gasteiger partial charge in [0.1, 0.15) is 47.4 Å². The predicted octanol–water partition coefficient (Wildman–Crippen LogP) is 10.6. The first kappa shape index (κ1) is 39.8. The lowest BCUT2D eigenvalue weighted by molar-refractivity contribution is -0.147. The zero-order valence-corrected chi connectivity index (χ0v) is 34.3. The largest absolute Gasteiger partial charge is 0.489 e. The summed E-state index contributed by atoms with van der Waals surface area (Å²) in [5, 5.41) is 0. The van der Waals surface area contributed by atoms with E-state index in [4.69, 9.17) is 18.9 Å². The summed E-state index contributed by atoms with van der Waals surface area (Å²) < 4.78 is 22.3. The number of esters is 2. The first-order valence-electron chi connectivity index (χ1n) is 19.0. The molecule has 0 spiro atoms. The second-order valence-electron chi connectivity index (χ2n) is 15.1. The third-order valence-corrected chi connectivity index (χ3v) is 10.5. The molecule has 6 aromatic carbocycles. The molecular formula is C49H46O6S2. The predicted molar refractivity (Wildman–Crippen MR) is 234 cm³/mol. The highest BCUT2D eigenvalue weighted by Gasteiger charge is 2.46. The minimum atomic E-state index is -0.919. The summed E-state index contributed by atoms with van der Waals surface area (Å²) in [6.45, 7) is 7.25. The Hall–Kier alpha value is -5.44. The van der Waals surface area contributed by atoms with Crippen LogP contribution < -0.4 is 9.47 Å². The lowest BCUT2D eigenvalue weighted by Crippen LogP contribution is -2.29. The lowest BCUT2D eigenvalue weighted by atomic mass is 9.67. The normalized spacial score (nSPS) is 12.9. The van der Waals surface area contributed by atoms with E-state index in [1.807, 2.05) is 36.4 Å². The molecule has 0 unspecified atom stereocenters. The molecule has 0 aliphatic heterocycles. The second kappa shape index (κ2) is 16.6. The summed E-state index contributed by atoms with van der Waals surface area (Å²) in [5.41, 5.74) is 9.54. The average molecular weight is 795 g/mol. The van der Waals surface area contributed by atoms with E-state index < -0.39 is 26.8 Å². The molecule has 0 radical (unpaired) electrons. The van der Waals surface area contributed by atoms with Gasteiger partial charge in [0.15, 0.2) is 0 Å². The summed E-state index contributed by atoms with van der Waals surface area (Å²) >= 11 is 8.74. The fourth-order valence-corrected chi connectivity index (χ4v) is 7.54. The number of hydrogen-bond donors (Lipinski definition) is 2. The van der Waals surface area contributed by atoms with Gasteiger partial charge in [0, 0.05) is 11.1 Å². The molecule has 6 aromatic rings. The highest BCUT2D eigenvalue weighted by atomic mass is 32.1. The maximum atomic E-state index is 12.5. The number of rotatable bonds is 14. The zero-order valence-electron chi connectivity index (χ0n) is 32.5. The van der Waals surface area contributed by atoms with Crippen LogP contribution in [0, 0.1) is 0 Å². The van der Waals surface area contributed by atoms with Gasteiger partial charge >= 0.3 is 11.9 Å². The molecule has 290 valence electrons. The number of carbonyl (C=O) groups is 2. The van der Waals surface area contributed by atoms with E-state index in [0.29, 0.717) is 11.5 Å². The average Bonchev–Trinajstić information content (AvgIpc) is 3.52. The number of fused-ring (bicyclic) bond motifs is 3. The molecule has 0 saturated carbocycles. The maximum Gasteiger partial charge on any atom is 0.321 e. The van der Waals surface area contributed by atoms with Crippen LogP contribution in [-0.4, -0.2) is 47.9 Å². The smallest absolute Gasteiger partial charge is 0.321 e. The van der Waals surface area contributed by atoms with E-state index in [9.17, 15) is 9.59 Å². The first-order valence-corrected chi connectivity index (χ1v) is 19.9. The van der Waals surface area contributed by atoms with Crippen LogP contribution >= 0.6 is 25.3 Å². The minimum Gasteiger partial charge on any atom is -0.489 e. The summed E-state index contributed by atoms with van der Waals surface area (Å²) in [7, 11) is 0. The molecule has 0 heterocycles. The van der Waals surface area contributed by atoms with Crippen molar-refractivity contribution in [2.75, 3.05) is 26.4 Å². The molecule has 1 aliphatic rings. The molecule has 1 aliphatic carbocycles. The Labute approximate surface area is 346 Å². The molecule has 0 saturated heterocycles. The maximum absolute atomic E-state index is 12.5. The van der Waals surface area contributed by atoms with Crippen molar-refractivity contribution in [3.63, 3.8) is 0 Å². The van der Waals surface area contributed by atoms with Crippen molar-refractivity contribution in [2.24, 2.45) is 0 Å². The van der Waals surface area contributed by atoms with Crippen LogP contribution in [0.15, 0.2) is 146 Å². The molecule has 0 bridgehead atoms. The van der Waals surface area contributed by atoms with E-state index in [0.717, 1.165) is 55.6 Å². The lowest BCUT2D eigenvalue weighted by Gasteiger charge is -2.35. The SMILES string of the molecule is CC(C)(S)C(=O)OCCOc1cc(C2(c3ccc(-c4ccccc4)c(OCCOC(=O)C(C)(C)S)c3)c3ccccc3-c3ccccc32)ccc1-c1ccccc1. The Morgan fingerprint density at radius 1 is 0.474 bits per heavy atom. The fraction of sp³-hybridized carbons (Fsp3) is 0.224. The van der Waals surface area contributed by atoms with E-state index >= 15 is 0 Å². The Balaban J connectivity index is 1.39. The van der Waals surface area contributed by atoms with Gasteiger partial charge in [-0.05, 0) is 84.3 Å². The number of ether oxygens (including phenoxy) is 4. The highest BCUT2D eigenvalue weighted by Crippen LogP contribution is 2.57. The zero-order chi connectivity index (χ0) is 40.2. The van der Waals surface area contributed by atoms with Crippen molar-refractivity contribution in [2.45, 2.75) is 42.6 Å². The van der Waals surface area contributed by atoms with Gasteiger partial charge in [-0.25, -0.2) is 0 Å². The Kier molecular flexibility index (Phi) is 11.6. The summed E-state index contributed by atoms with van der Waals surface area (Å²) in [5.74, 6) is 0.496. The van der Waals surface area contributed by atoms with E-state index in [-0.39, 0.29) is 26.4 Å². The summed E-state index contributed by atoms with van der Waals surface area (Å²) in [4.78, 5) is 25.1. The van der Waals surface area contributed by atoms with Gasteiger partial charge in [0.25, 0.3) is 0 Å². The third kappa shape index (κ3) is 8.20. The second-order valence-corrected chi connectivity index (χ2v) is 17.3. The van der Waals surface area contributed by atoms with E-state index in [1.54, 1.807) is 27.7 Å². The van der Waals surface area contributed by atoms with Crippen LogP contribution in [-0.2, 0) is 24.5 Å². The van der Waals surface area contributed by atoms with Gasteiger partial charge in [-0.3, -0.25) is 9.59 Å². The monoisotopic (exact) mass is 794 g/mol. The molecule has 6 nitrogen and oxygen atoms in total. The molecule has 0 aromatic heterocycles. The molecule has 0 atom stereocenters. The van der Waals surface area contributed by atoms with Crippen LogP contribution in [0.4, 0.5) is 0 Å². The van der Waals surface area contributed by atoms with E-state index in [1.165, 1.54) is 0 Å². The van der Waals surface area contributed by atoms with Crippen LogP contribution in [0.3, 0.4) is 0 Å². The summed E-state index contributed by atoms with van der Waals surface area (Å²) in [6.07, 6.45) is 0. The van der Waals surface area contributed by atoms with E-state index in [2.05, 4.69) is 134 Å². The molecule has 8 heteroatoms. The molecule has 57 heavy (non-hydrogen) atoms. The van der Waals surface area contributed by atoms with Gasteiger partial charge in [-0.15, -0.1) is 0 Å². The van der Waals surface area contributed by atoms with Crippen molar-refractivity contribution >= 4 is 37.2 Å². The molecular weight excluding hydrogens is 749 g/mol. The Morgan fingerprint density at radius 3 is 1.23 bits per heavy atom. The fourth-order valence-electron chi connectivity index (χ4n) is 7.41. The molecule has 0 amide bonds. The number of thiol groups is 2. The van der Waals surface area contributed by atoms with Crippen LogP contribution in [0.25, 0.3) is 33.4 Å². The Bertz CT molecular complexity index is 2210. The van der Waals surface area contributed by atoms with Crippen LogP contribution in [0.2, 0.25) is 0 Å². The van der Waals surface area contributed by atoms with Crippen molar-refractivity contribution < 1.29 is 28.5 Å². The van der Waals surface area contributed by atoms with Gasteiger partial charge < -0.3 is 18.9 Å². The van der Waals surface area contributed by atoms with Crippen LogP contribution in [0.5, 0.6) is 11.5 Å². The van der Waals surface area contributed by atoms with Crippen molar-refractivity contribution in [3.8, 4) is 44.9 Å². The first-order chi connectivity index (χ1) is 27.4. The number of benzene rings is 6. The van der Waals surface area contributed by atoms with Crippen molar-refractivity contribution in [3.05, 3.63) is 168 Å². The summed E-state index contributed by atoms with van der Waals surface area (Å²) in [6, 6.07) is 50.1. The minimum absolute atomic E-state index is 0.0700. The van der Waals surface area contributed by atoms with Crippen molar-refractivity contribution in [1.82, 2.24) is 0 Å². The number of carbonyl (C=O) groups excluding carboxylic acids is 2. The standard InChI is InChI=1S/C49H46O6S2/c1-47(2,56)45(50)54-29-27-52-43-31-35(23-25-37(43)33-15-7-5-8-16-33)49(41-21-13-11-19-39(41)40-20-12-14-22-42(40)49)36-24-26-38(34-17-9-6-10-18-34)44(32-36)53-28-30-55-46(51)48(3,4)57/h5-26,31-32,56-57H,27-30H2,1-4H3. The van der Waals surface area contributed by atoms with Gasteiger partial charge in [-0.1, -0.05) is 133 Å². The van der Waals surface area contributed by atoms with Gasteiger partial charge in [-0.2, -0.15) is 25.3 Å². The topological polar surface area (TPSA) is 71.1 Å². The van der Waals surface area contributed by atoms with Crippen molar-refractivity contribution in [1.29, 1.82) is 0 Å². The molecule has 0 N–H and O–H groups in total. The Morgan fingerprint density at radius 2 is 0.842 bits per heavy atom. The van der Waals surface area contributed by atoms with Gasteiger partial charge in [0.2, 0.25) is 0 Å². The van der Waals surface area contributed by atoms with Crippen LogP contribution in [0.1, 0.15) is 49.9 Å². The highest BCUT2D eigenvalue weighted by molar-refractivity contribution is 7.82. The van der Waals surface area contributed by atoms with Gasteiger partial charge in [0.05, 0.1) is 5.41 Å². The number of hydrogen-bond acceptors (Lipinski definition) is 8.